The van der Waals surface area contributed by atoms with Crippen LogP contribution in [0.25, 0.3) is 10.8 Å². The standard InChI is InChI=1S/C31H35Cl2FN4O4/c1-17-28-19(10-21(32)13-24(28)33)6-8-38(17)27(39)15-35-26-12-20-11-22(36-29(40)23(20)14-25(26)34)9-18-5-7-37(16-18)30(41)42-31(2,3)4/h10-14,17-18,35H,5-9,15-16H2,1-4H3,(H,36,40). The Labute approximate surface area is 254 Å². The molecule has 0 bridgehead atoms. The zero-order chi connectivity index (χ0) is 30.3. The first-order chi connectivity index (χ1) is 19.8. The maximum absolute atomic E-state index is 15.0. The van der Waals surface area contributed by atoms with Gasteiger partial charge in [0.15, 0.2) is 0 Å². The zero-order valence-corrected chi connectivity index (χ0v) is 25.7. The van der Waals surface area contributed by atoms with Crippen LogP contribution in [0, 0.1) is 11.7 Å². The molecule has 1 aromatic heterocycles. The number of aromatic nitrogens is 1. The third kappa shape index (κ3) is 6.52. The van der Waals surface area contributed by atoms with E-state index in [2.05, 4.69) is 10.3 Å². The Kier molecular flexibility index (Phi) is 8.45. The van der Waals surface area contributed by atoms with Gasteiger partial charge in [-0.15, -0.1) is 0 Å². The number of rotatable bonds is 5. The molecule has 2 unspecified atom stereocenters. The van der Waals surface area contributed by atoms with E-state index in [0.29, 0.717) is 53.6 Å². The molecule has 0 radical (unpaired) electrons. The number of aromatic amines is 1. The highest BCUT2D eigenvalue weighted by Gasteiger charge is 2.31. The summed E-state index contributed by atoms with van der Waals surface area (Å²) in [5.74, 6) is -0.657. The Morgan fingerprint density at radius 2 is 1.90 bits per heavy atom. The average molecular weight is 618 g/mol. The molecule has 8 nitrogen and oxygen atoms in total. The molecule has 2 aliphatic rings. The first kappa shape index (κ1) is 30.2. The summed E-state index contributed by atoms with van der Waals surface area (Å²) < 4.78 is 20.5. The summed E-state index contributed by atoms with van der Waals surface area (Å²) >= 11 is 12.6. The first-order valence-electron chi connectivity index (χ1n) is 14.1. The summed E-state index contributed by atoms with van der Waals surface area (Å²) in [6, 6.07) is 7.88. The molecule has 2 aromatic carbocycles. The Bertz CT molecular complexity index is 1600. The molecule has 2 N–H and O–H groups in total. The predicted molar refractivity (Wildman–Crippen MR) is 163 cm³/mol. The lowest BCUT2D eigenvalue weighted by molar-refractivity contribution is -0.131. The van der Waals surface area contributed by atoms with Crippen molar-refractivity contribution in [3.63, 3.8) is 0 Å². The van der Waals surface area contributed by atoms with Crippen LogP contribution in [-0.2, 0) is 22.4 Å². The van der Waals surface area contributed by atoms with E-state index >= 15 is 4.39 Å². The minimum atomic E-state index is -0.618. The van der Waals surface area contributed by atoms with Crippen LogP contribution in [0.1, 0.15) is 57.0 Å². The largest absolute Gasteiger partial charge is 0.444 e. The van der Waals surface area contributed by atoms with E-state index in [1.54, 1.807) is 21.9 Å². The molecule has 2 atom stereocenters. The Morgan fingerprint density at radius 1 is 1.14 bits per heavy atom. The van der Waals surface area contributed by atoms with Crippen LogP contribution in [0.2, 0.25) is 10.0 Å². The average Bonchev–Trinajstić information content (AvgIpc) is 3.35. The second kappa shape index (κ2) is 11.8. The normalized spacial score (nSPS) is 18.7. The maximum atomic E-state index is 15.0. The van der Waals surface area contributed by atoms with Gasteiger partial charge >= 0.3 is 6.09 Å². The highest BCUT2D eigenvalue weighted by Crippen LogP contribution is 2.37. The number of hydrogen-bond acceptors (Lipinski definition) is 5. The monoisotopic (exact) mass is 616 g/mol. The molecule has 1 fully saturated rings. The van der Waals surface area contributed by atoms with Crippen LogP contribution < -0.4 is 10.9 Å². The number of fused-ring (bicyclic) bond motifs is 2. The van der Waals surface area contributed by atoms with Crippen molar-refractivity contribution in [1.29, 1.82) is 0 Å². The van der Waals surface area contributed by atoms with Crippen molar-refractivity contribution in [2.75, 3.05) is 31.5 Å². The van der Waals surface area contributed by atoms with Gasteiger partial charge in [0, 0.05) is 35.4 Å². The van der Waals surface area contributed by atoms with Gasteiger partial charge in [-0.25, -0.2) is 9.18 Å². The van der Waals surface area contributed by atoms with Crippen molar-refractivity contribution in [2.45, 2.75) is 58.6 Å². The van der Waals surface area contributed by atoms with E-state index in [1.807, 2.05) is 39.8 Å². The third-order valence-corrected chi connectivity index (χ3v) is 8.40. The predicted octanol–water partition coefficient (Wildman–Crippen LogP) is 6.33. The van der Waals surface area contributed by atoms with Crippen molar-refractivity contribution >= 4 is 51.7 Å². The molecule has 0 spiro atoms. The number of nitrogens with zero attached hydrogens (tertiary/aromatic N) is 2. The van der Waals surface area contributed by atoms with E-state index < -0.39 is 11.4 Å². The number of likely N-dealkylation sites (tertiary alicyclic amines) is 1. The van der Waals surface area contributed by atoms with Crippen LogP contribution in [0.3, 0.4) is 0 Å². The SMILES string of the molecule is CC1c2c(Cl)cc(Cl)cc2CCN1C(=O)CNc1cc2cc(CC3CCN(C(=O)OC(C)(C)C)C3)[nH]c(=O)c2cc1F. The minimum Gasteiger partial charge on any atom is -0.444 e. The van der Waals surface area contributed by atoms with Gasteiger partial charge in [0.05, 0.1) is 23.7 Å². The Morgan fingerprint density at radius 3 is 2.64 bits per heavy atom. The second-order valence-corrected chi connectivity index (χ2v) is 13.0. The van der Waals surface area contributed by atoms with Crippen LogP contribution in [0.15, 0.2) is 35.1 Å². The smallest absolute Gasteiger partial charge is 0.410 e. The molecule has 42 heavy (non-hydrogen) atoms. The van der Waals surface area contributed by atoms with Crippen molar-refractivity contribution in [1.82, 2.24) is 14.8 Å². The van der Waals surface area contributed by atoms with Crippen molar-refractivity contribution in [2.24, 2.45) is 5.92 Å². The number of anilines is 1. The fourth-order valence-electron chi connectivity index (χ4n) is 5.91. The van der Waals surface area contributed by atoms with Gasteiger partial charge in [0.25, 0.3) is 5.56 Å². The summed E-state index contributed by atoms with van der Waals surface area (Å²) in [7, 11) is 0. The Hall–Kier alpha value is -3.30. The quantitative estimate of drug-likeness (QED) is 0.349. The van der Waals surface area contributed by atoms with Crippen molar-refractivity contribution in [3.8, 4) is 0 Å². The highest BCUT2D eigenvalue weighted by molar-refractivity contribution is 6.35. The molecule has 224 valence electrons. The fraction of sp³-hybridized carbons (Fsp3) is 0.452. The summed E-state index contributed by atoms with van der Waals surface area (Å²) in [5, 5.41) is 4.80. The van der Waals surface area contributed by atoms with Gasteiger partial charge in [-0.05, 0) is 99.7 Å². The van der Waals surface area contributed by atoms with Crippen molar-refractivity contribution < 1.29 is 18.7 Å². The molecule has 0 saturated carbocycles. The van der Waals surface area contributed by atoms with E-state index in [0.717, 1.165) is 17.5 Å². The first-order valence-corrected chi connectivity index (χ1v) is 14.9. The number of ether oxygens (including phenoxy) is 1. The number of pyridine rings is 1. The van der Waals surface area contributed by atoms with Gasteiger partial charge in [0.1, 0.15) is 11.4 Å². The third-order valence-electron chi connectivity index (χ3n) is 7.87. The fourth-order valence-corrected chi connectivity index (χ4v) is 6.60. The van der Waals surface area contributed by atoms with Gasteiger partial charge in [0.2, 0.25) is 5.91 Å². The van der Waals surface area contributed by atoms with Crippen LogP contribution in [0.5, 0.6) is 0 Å². The number of amides is 2. The molecule has 1 saturated heterocycles. The summed E-state index contributed by atoms with van der Waals surface area (Å²) in [5.41, 5.74) is 1.79. The molecule has 0 aliphatic carbocycles. The zero-order valence-electron chi connectivity index (χ0n) is 24.2. The molecule has 11 heteroatoms. The summed E-state index contributed by atoms with van der Waals surface area (Å²) in [6.45, 7) is 8.91. The van der Waals surface area contributed by atoms with Crippen LogP contribution in [0.4, 0.5) is 14.9 Å². The van der Waals surface area contributed by atoms with Gasteiger partial charge < -0.3 is 24.8 Å². The molecule has 2 amide bonds. The van der Waals surface area contributed by atoms with Gasteiger partial charge in [-0.3, -0.25) is 9.59 Å². The number of H-pyrrole nitrogens is 1. The minimum absolute atomic E-state index is 0.119. The van der Waals surface area contributed by atoms with E-state index in [1.165, 1.54) is 6.07 Å². The van der Waals surface area contributed by atoms with E-state index in [9.17, 15) is 14.4 Å². The molecule has 3 heterocycles. The number of benzene rings is 2. The number of carbonyl (C=O) groups is 2. The van der Waals surface area contributed by atoms with E-state index in [4.69, 9.17) is 27.9 Å². The number of halogens is 3. The van der Waals surface area contributed by atoms with Crippen LogP contribution in [-0.4, -0.2) is 58.6 Å². The van der Waals surface area contributed by atoms with Crippen LogP contribution >= 0.6 is 23.2 Å². The molecular formula is C31H35Cl2FN4O4. The lowest BCUT2D eigenvalue weighted by Gasteiger charge is -2.36. The second-order valence-electron chi connectivity index (χ2n) is 12.2. The number of nitrogens with one attached hydrogen (secondary N) is 2. The van der Waals surface area contributed by atoms with Gasteiger partial charge in [-0.1, -0.05) is 23.2 Å². The molecule has 3 aromatic rings. The summed E-state index contributed by atoms with van der Waals surface area (Å²) in [6.07, 6.45) is 1.63. The lowest BCUT2D eigenvalue weighted by Crippen LogP contribution is -2.42. The molecule has 2 aliphatic heterocycles. The summed E-state index contributed by atoms with van der Waals surface area (Å²) in [4.78, 5) is 44.7. The highest BCUT2D eigenvalue weighted by atomic mass is 35.5. The lowest BCUT2D eigenvalue weighted by atomic mass is 9.93. The van der Waals surface area contributed by atoms with E-state index in [-0.39, 0.29) is 47.1 Å². The van der Waals surface area contributed by atoms with Gasteiger partial charge in [-0.2, -0.15) is 0 Å². The van der Waals surface area contributed by atoms with Crippen molar-refractivity contribution in [3.05, 3.63) is 73.4 Å². The number of carbonyl (C=O) groups excluding carboxylic acids is 2. The molecule has 5 rings (SSSR count). The Balaban J connectivity index is 1.27. The maximum Gasteiger partial charge on any atom is 0.410 e. The molecular weight excluding hydrogens is 582 g/mol. The topological polar surface area (TPSA) is 94.7 Å². The number of hydrogen-bond donors (Lipinski definition) is 2.